The highest BCUT2D eigenvalue weighted by Gasteiger charge is 2.32. The number of halogens is 1. The topological polar surface area (TPSA) is 75.7 Å². The summed E-state index contributed by atoms with van der Waals surface area (Å²) in [5.74, 6) is -1.22. The third-order valence-corrected chi connectivity index (χ3v) is 6.10. The van der Waals surface area contributed by atoms with Gasteiger partial charge in [0.1, 0.15) is 5.82 Å². The van der Waals surface area contributed by atoms with E-state index in [0.29, 0.717) is 18.8 Å². The van der Waals surface area contributed by atoms with Gasteiger partial charge in [-0.25, -0.2) is 12.8 Å². The maximum absolute atomic E-state index is 13.7. The summed E-state index contributed by atoms with van der Waals surface area (Å²) in [6, 6.07) is 11.5. The highest BCUT2D eigenvalue weighted by Crippen LogP contribution is 2.23. The van der Waals surface area contributed by atoms with Crippen LogP contribution in [0.3, 0.4) is 0 Å². The fourth-order valence-corrected chi connectivity index (χ4v) is 4.62. The summed E-state index contributed by atoms with van der Waals surface area (Å²) in [5, 5.41) is 2.56. The normalized spacial score (nSPS) is 21.0. The van der Waals surface area contributed by atoms with Crippen molar-refractivity contribution in [2.75, 3.05) is 18.4 Å². The summed E-state index contributed by atoms with van der Waals surface area (Å²) in [5.41, 5.74) is 0.302. The summed E-state index contributed by atoms with van der Waals surface area (Å²) in [7, 11) is -3.65. The van der Waals surface area contributed by atoms with Gasteiger partial charge in [-0.2, -0.15) is 4.31 Å². The van der Waals surface area contributed by atoms with Gasteiger partial charge in [0.15, 0.2) is 0 Å². The first kappa shape index (κ1) is 19.5. The Hall–Kier alpha value is -2.29. The molecule has 27 heavy (non-hydrogen) atoms. The molecular weight excluding hydrogens is 371 g/mol. The molecule has 1 aliphatic rings. The van der Waals surface area contributed by atoms with Crippen molar-refractivity contribution >= 4 is 21.6 Å². The lowest BCUT2D eigenvalue weighted by molar-refractivity contribution is -0.0440. The summed E-state index contributed by atoms with van der Waals surface area (Å²) in [6.45, 7) is 4.25. The maximum atomic E-state index is 13.7. The van der Waals surface area contributed by atoms with Crippen molar-refractivity contribution in [3.63, 3.8) is 0 Å². The van der Waals surface area contributed by atoms with Crippen LogP contribution in [0.2, 0.25) is 0 Å². The molecule has 2 unspecified atom stereocenters. The number of sulfonamides is 1. The second kappa shape index (κ2) is 7.75. The van der Waals surface area contributed by atoms with Crippen LogP contribution in [0, 0.1) is 5.82 Å². The number of morpholine rings is 1. The molecule has 1 N–H and O–H groups in total. The van der Waals surface area contributed by atoms with Crippen LogP contribution < -0.4 is 5.32 Å². The molecule has 0 radical (unpaired) electrons. The Morgan fingerprint density at radius 2 is 1.67 bits per heavy atom. The lowest BCUT2D eigenvalue weighted by Crippen LogP contribution is -2.48. The van der Waals surface area contributed by atoms with Crippen molar-refractivity contribution in [1.82, 2.24) is 4.31 Å². The van der Waals surface area contributed by atoms with Crippen molar-refractivity contribution in [1.29, 1.82) is 0 Å². The first-order valence-electron chi connectivity index (χ1n) is 8.59. The zero-order chi connectivity index (χ0) is 19.6. The van der Waals surface area contributed by atoms with Crippen molar-refractivity contribution in [3.8, 4) is 0 Å². The number of hydrogen-bond donors (Lipinski definition) is 1. The SMILES string of the molecule is CC1CN(S(=O)(=O)c2ccc(NC(=O)c3ccccc3F)cc2)CC(C)O1. The monoisotopic (exact) mass is 392 g/mol. The number of rotatable bonds is 4. The summed E-state index contributed by atoms with van der Waals surface area (Å²) < 4.78 is 46.3. The van der Waals surface area contributed by atoms with Gasteiger partial charge in [-0.1, -0.05) is 12.1 Å². The molecule has 6 nitrogen and oxygen atoms in total. The van der Waals surface area contributed by atoms with E-state index >= 15 is 0 Å². The molecule has 3 rings (SSSR count). The van der Waals surface area contributed by atoms with E-state index in [1.54, 1.807) is 6.07 Å². The summed E-state index contributed by atoms with van der Waals surface area (Å²) >= 11 is 0. The minimum absolute atomic E-state index is 0.0783. The van der Waals surface area contributed by atoms with Gasteiger partial charge in [0.25, 0.3) is 5.91 Å². The second-order valence-electron chi connectivity index (χ2n) is 6.54. The molecule has 2 aromatic rings. The zero-order valence-electron chi connectivity index (χ0n) is 15.1. The number of carbonyl (C=O) groups excluding carboxylic acids is 1. The smallest absolute Gasteiger partial charge is 0.258 e. The third-order valence-electron chi connectivity index (χ3n) is 4.25. The van der Waals surface area contributed by atoms with Gasteiger partial charge in [0, 0.05) is 18.8 Å². The number of benzene rings is 2. The Morgan fingerprint density at radius 3 is 2.26 bits per heavy atom. The lowest BCUT2D eigenvalue weighted by Gasteiger charge is -2.34. The molecule has 144 valence electrons. The second-order valence-corrected chi connectivity index (χ2v) is 8.48. The number of nitrogens with zero attached hydrogens (tertiary/aromatic N) is 1. The van der Waals surface area contributed by atoms with Crippen LogP contribution in [0.1, 0.15) is 24.2 Å². The van der Waals surface area contributed by atoms with Gasteiger partial charge in [-0.3, -0.25) is 4.79 Å². The average molecular weight is 392 g/mol. The van der Waals surface area contributed by atoms with E-state index < -0.39 is 21.7 Å². The van der Waals surface area contributed by atoms with Crippen LogP contribution in [0.15, 0.2) is 53.4 Å². The Kier molecular flexibility index (Phi) is 5.59. The van der Waals surface area contributed by atoms with E-state index in [-0.39, 0.29) is 22.7 Å². The number of amides is 1. The minimum Gasteiger partial charge on any atom is -0.373 e. The molecule has 0 bridgehead atoms. The minimum atomic E-state index is -3.65. The van der Waals surface area contributed by atoms with Crippen molar-refractivity contribution in [2.45, 2.75) is 31.0 Å². The van der Waals surface area contributed by atoms with Gasteiger partial charge < -0.3 is 10.1 Å². The van der Waals surface area contributed by atoms with E-state index in [1.807, 2.05) is 13.8 Å². The number of anilines is 1. The highest BCUT2D eigenvalue weighted by atomic mass is 32.2. The van der Waals surface area contributed by atoms with E-state index in [4.69, 9.17) is 4.74 Å². The fraction of sp³-hybridized carbons (Fsp3) is 0.316. The fourth-order valence-electron chi connectivity index (χ4n) is 3.03. The molecule has 1 aliphatic heterocycles. The summed E-state index contributed by atoms with van der Waals surface area (Å²) in [6.07, 6.45) is -0.356. The molecule has 0 spiro atoms. The maximum Gasteiger partial charge on any atom is 0.258 e. The van der Waals surface area contributed by atoms with Crippen molar-refractivity contribution < 1.29 is 22.3 Å². The number of hydrogen-bond acceptors (Lipinski definition) is 4. The Bertz CT molecular complexity index is 921. The number of carbonyl (C=O) groups is 1. The predicted octanol–water partition coefficient (Wildman–Crippen LogP) is 2.88. The van der Waals surface area contributed by atoms with Crippen LogP contribution >= 0.6 is 0 Å². The van der Waals surface area contributed by atoms with E-state index in [9.17, 15) is 17.6 Å². The van der Waals surface area contributed by atoms with Gasteiger partial charge in [-0.15, -0.1) is 0 Å². The van der Waals surface area contributed by atoms with Gasteiger partial charge in [0.05, 0.1) is 22.7 Å². The molecule has 1 amide bonds. The summed E-state index contributed by atoms with van der Waals surface area (Å²) in [4.78, 5) is 12.3. The van der Waals surface area contributed by atoms with Crippen LogP contribution in [-0.4, -0.2) is 43.9 Å². The van der Waals surface area contributed by atoms with E-state index in [0.717, 1.165) is 0 Å². The van der Waals surface area contributed by atoms with E-state index in [2.05, 4.69) is 5.32 Å². The number of nitrogens with one attached hydrogen (secondary N) is 1. The lowest BCUT2D eigenvalue weighted by atomic mass is 10.2. The van der Waals surface area contributed by atoms with Crippen molar-refractivity contribution in [2.24, 2.45) is 0 Å². The van der Waals surface area contributed by atoms with E-state index in [1.165, 1.54) is 46.8 Å². The molecular formula is C19H21FN2O4S. The van der Waals surface area contributed by atoms with Crippen LogP contribution in [0.4, 0.5) is 10.1 Å². The first-order valence-corrected chi connectivity index (χ1v) is 10.0. The van der Waals surface area contributed by atoms with Gasteiger partial charge in [-0.05, 0) is 50.2 Å². The van der Waals surface area contributed by atoms with Crippen molar-refractivity contribution in [3.05, 3.63) is 59.9 Å². The van der Waals surface area contributed by atoms with Crippen LogP contribution in [0.25, 0.3) is 0 Å². The van der Waals surface area contributed by atoms with Crippen LogP contribution in [0.5, 0.6) is 0 Å². The Balaban J connectivity index is 1.75. The molecule has 2 aromatic carbocycles. The predicted molar refractivity (Wildman–Crippen MR) is 99.6 cm³/mol. The highest BCUT2D eigenvalue weighted by molar-refractivity contribution is 7.89. The molecule has 1 saturated heterocycles. The standard InChI is InChI=1S/C19H21FN2O4S/c1-13-11-22(12-14(2)26-13)27(24,25)16-9-7-15(8-10-16)21-19(23)17-5-3-4-6-18(17)20/h3-10,13-14H,11-12H2,1-2H3,(H,21,23). The molecule has 0 aliphatic carbocycles. The molecule has 8 heteroatoms. The van der Waals surface area contributed by atoms with Crippen LogP contribution in [-0.2, 0) is 14.8 Å². The molecule has 1 fully saturated rings. The quantitative estimate of drug-likeness (QED) is 0.868. The zero-order valence-corrected chi connectivity index (χ0v) is 15.9. The molecule has 2 atom stereocenters. The Labute approximate surface area is 158 Å². The number of ether oxygens (including phenoxy) is 1. The molecule has 1 heterocycles. The average Bonchev–Trinajstić information content (AvgIpc) is 2.61. The third kappa shape index (κ3) is 4.35. The molecule has 0 saturated carbocycles. The van der Waals surface area contributed by atoms with Gasteiger partial charge in [0.2, 0.25) is 10.0 Å². The largest absolute Gasteiger partial charge is 0.373 e. The van der Waals surface area contributed by atoms with Gasteiger partial charge >= 0.3 is 0 Å². The Morgan fingerprint density at radius 1 is 1.07 bits per heavy atom. The first-order chi connectivity index (χ1) is 12.8. The molecule has 0 aromatic heterocycles.